The maximum atomic E-state index is 13.0. The summed E-state index contributed by atoms with van der Waals surface area (Å²) in [6.07, 6.45) is 6.68. The molecule has 2 fully saturated rings. The van der Waals surface area contributed by atoms with Crippen LogP contribution in [0, 0.1) is 11.3 Å². The highest BCUT2D eigenvalue weighted by Gasteiger charge is 2.36. The van der Waals surface area contributed by atoms with Crippen LogP contribution >= 0.6 is 0 Å². The molecule has 11 heteroatoms. The second-order valence-corrected chi connectivity index (χ2v) is 13.0. The van der Waals surface area contributed by atoms with E-state index >= 15 is 0 Å². The van der Waals surface area contributed by atoms with E-state index in [1.165, 1.54) is 5.39 Å². The predicted octanol–water partition coefficient (Wildman–Crippen LogP) is 4.40. The molecule has 232 valence electrons. The number of nitriles is 1. The number of anilines is 2. The Hall–Kier alpha value is -4.17. The number of piperazine rings is 1. The van der Waals surface area contributed by atoms with Crippen molar-refractivity contribution >= 4 is 28.4 Å². The number of fused-ring (bicyclic) bond motifs is 2. The van der Waals surface area contributed by atoms with Crippen LogP contribution in [0.15, 0.2) is 36.7 Å². The van der Waals surface area contributed by atoms with Gasteiger partial charge in [-0.3, -0.25) is 4.98 Å². The van der Waals surface area contributed by atoms with Gasteiger partial charge in [-0.05, 0) is 53.6 Å². The highest BCUT2D eigenvalue weighted by atomic mass is 16.6. The topological polar surface area (TPSA) is 111 Å². The molecule has 2 aromatic heterocycles. The zero-order chi connectivity index (χ0) is 30.8. The van der Waals surface area contributed by atoms with Gasteiger partial charge in [0.05, 0.1) is 42.7 Å². The summed E-state index contributed by atoms with van der Waals surface area (Å²) in [7, 11) is 2.13. The summed E-state index contributed by atoms with van der Waals surface area (Å²) in [5.41, 5.74) is 2.52. The molecule has 1 aromatic carbocycles. The van der Waals surface area contributed by atoms with E-state index in [0.717, 1.165) is 60.5 Å². The first kappa shape index (κ1) is 29.9. The molecular weight excluding hydrogens is 556 g/mol. The summed E-state index contributed by atoms with van der Waals surface area (Å²) in [5.74, 6) is 0.840. The van der Waals surface area contributed by atoms with Gasteiger partial charge in [0.2, 0.25) is 0 Å². The second-order valence-electron chi connectivity index (χ2n) is 13.0. The fraction of sp³-hybridized carbons (Fsp3) is 0.545. The van der Waals surface area contributed by atoms with E-state index in [1.54, 1.807) is 4.90 Å². The normalized spacial score (nSPS) is 20.8. The smallest absolute Gasteiger partial charge is 0.410 e. The Labute approximate surface area is 259 Å². The third-order valence-electron chi connectivity index (χ3n) is 8.82. The van der Waals surface area contributed by atoms with Gasteiger partial charge in [0.25, 0.3) is 0 Å². The summed E-state index contributed by atoms with van der Waals surface area (Å²) in [5, 5.41) is 11.9. The third kappa shape index (κ3) is 6.36. The van der Waals surface area contributed by atoms with Gasteiger partial charge in [-0.1, -0.05) is 24.3 Å². The Morgan fingerprint density at radius 1 is 1.07 bits per heavy atom. The fourth-order valence-electron chi connectivity index (χ4n) is 6.52. The first-order valence-electron chi connectivity index (χ1n) is 15.6. The van der Waals surface area contributed by atoms with Crippen LogP contribution in [0.5, 0.6) is 6.01 Å². The van der Waals surface area contributed by atoms with E-state index in [0.29, 0.717) is 44.8 Å². The Bertz CT molecular complexity index is 1550. The summed E-state index contributed by atoms with van der Waals surface area (Å²) in [6.45, 7) is 10.1. The second kappa shape index (κ2) is 12.4. The maximum absolute atomic E-state index is 13.0. The minimum Gasteiger partial charge on any atom is -0.462 e. The van der Waals surface area contributed by atoms with E-state index in [2.05, 4.69) is 51.0 Å². The Balaban J connectivity index is 1.30. The molecule has 44 heavy (non-hydrogen) atoms. The summed E-state index contributed by atoms with van der Waals surface area (Å²) in [6, 6.07) is 11.0. The van der Waals surface area contributed by atoms with Gasteiger partial charge in [0.1, 0.15) is 18.0 Å². The number of hydrogen-bond donors (Lipinski definition) is 0. The van der Waals surface area contributed by atoms with Crippen molar-refractivity contribution in [2.45, 2.75) is 70.7 Å². The Kier molecular flexibility index (Phi) is 8.45. The molecule has 0 bridgehead atoms. The zero-order valence-electron chi connectivity index (χ0n) is 26.2. The minimum absolute atomic E-state index is 0.211. The minimum atomic E-state index is -0.609. The largest absolute Gasteiger partial charge is 0.462 e. The number of amides is 1. The number of hydrogen-bond acceptors (Lipinski definition) is 10. The average molecular weight is 599 g/mol. The van der Waals surface area contributed by atoms with Crippen molar-refractivity contribution in [2.75, 3.05) is 56.2 Å². The predicted molar refractivity (Wildman–Crippen MR) is 169 cm³/mol. The van der Waals surface area contributed by atoms with Gasteiger partial charge < -0.3 is 29.1 Å². The van der Waals surface area contributed by atoms with Crippen LogP contribution in [0.1, 0.15) is 51.3 Å². The van der Waals surface area contributed by atoms with Gasteiger partial charge >= 0.3 is 12.1 Å². The lowest BCUT2D eigenvalue weighted by Gasteiger charge is -2.42. The van der Waals surface area contributed by atoms with E-state index < -0.39 is 5.60 Å². The molecule has 3 aliphatic heterocycles. The fourth-order valence-corrected chi connectivity index (χ4v) is 6.52. The number of nitrogens with zero attached hydrogens (tertiary/aromatic N) is 8. The van der Waals surface area contributed by atoms with Crippen LogP contribution in [0.4, 0.5) is 16.3 Å². The lowest BCUT2D eigenvalue weighted by atomic mass is 10.0. The number of aromatic nitrogens is 3. The summed E-state index contributed by atoms with van der Waals surface area (Å²) >= 11 is 0. The van der Waals surface area contributed by atoms with E-state index in [9.17, 15) is 10.1 Å². The molecule has 0 radical (unpaired) electrons. The molecule has 1 amide bonds. The molecule has 11 nitrogen and oxygen atoms in total. The van der Waals surface area contributed by atoms with E-state index in [-0.39, 0.29) is 18.6 Å². The first-order valence-corrected chi connectivity index (χ1v) is 15.6. The molecular formula is C33H42N8O3. The van der Waals surface area contributed by atoms with Crippen LogP contribution in [-0.2, 0) is 17.7 Å². The molecule has 0 unspecified atom stereocenters. The highest BCUT2D eigenvalue weighted by molar-refractivity contribution is 5.93. The van der Waals surface area contributed by atoms with Gasteiger partial charge in [-0.15, -0.1) is 0 Å². The number of carbonyl (C=O) groups excluding carboxylic acids is 1. The van der Waals surface area contributed by atoms with Gasteiger partial charge in [0, 0.05) is 54.8 Å². The van der Waals surface area contributed by atoms with Gasteiger partial charge in [-0.2, -0.15) is 15.2 Å². The molecule has 2 atom stereocenters. The average Bonchev–Trinajstić information content (AvgIpc) is 3.42. The Morgan fingerprint density at radius 2 is 1.91 bits per heavy atom. The van der Waals surface area contributed by atoms with Crippen molar-refractivity contribution < 1.29 is 14.3 Å². The number of rotatable bonds is 6. The molecule has 5 heterocycles. The molecule has 0 spiro atoms. The molecule has 2 saturated heterocycles. The Morgan fingerprint density at radius 3 is 2.68 bits per heavy atom. The van der Waals surface area contributed by atoms with Crippen molar-refractivity contribution in [1.29, 1.82) is 5.26 Å². The first-order chi connectivity index (χ1) is 21.2. The van der Waals surface area contributed by atoms with Crippen molar-refractivity contribution in [3.8, 4) is 12.1 Å². The van der Waals surface area contributed by atoms with Crippen molar-refractivity contribution in [2.24, 2.45) is 0 Å². The van der Waals surface area contributed by atoms with E-state index in [1.807, 2.05) is 39.2 Å². The lowest BCUT2D eigenvalue weighted by Crippen LogP contribution is -2.56. The van der Waals surface area contributed by atoms with E-state index in [4.69, 9.17) is 19.4 Å². The number of carbonyl (C=O) groups is 1. The standard InChI is InChI=1S/C33H42N8O3/c1-33(2,3)44-32(42)41-17-16-40(20-24(41)11-13-34)30-27-12-15-39(29-19-35-18-23-8-5-6-10-26(23)29)21-28(27)36-31(37-30)43-22-25-9-7-14-38(25)4/h5-6,8,10,18-19,24-25H,7,9,11-12,14-17,20-22H2,1-4H3/t24-,25-/m0/s1. The highest BCUT2D eigenvalue weighted by Crippen LogP contribution is 2.34. The van der Waals surface area contributed by atoms with Crippen LogP contribution in [0.25, 0.3) is 10.8 Å². The summed E-state index contributed by atoms with van der Waals surface area (Å²) in [4.78, 5) is 36.1. The number of benzene rings is 1. The maximum Gasteiger partial charge on any atom is 0.410 e. The van der Waals surface area contributed by atoms with Crippen molar-refractivity contribution in [3.63, 3.8) is 0 Å². The van der Waals surface area contributed by atoms with Crippen LogP contribution in [-0.4, -0.2) is 94.9 Å². The zero-order valence-corrected chi connectivity index (χ0v) is 26.2. The number of likely N-dealkylation sites (N-methyl/N-ethyl adjacent to an activating group) is 1. The van der Waals surface area contributed by atoms with Crippen molar-refractivity contribution in [3.05, 3.63) is 47.9 Å². The molecule has 6 rings (SSSR count). The lowest BCUT2D eigenvalue weighted by molar-refractivity contribution is 0.0144. The van der Waals surface area contributed by atoms with Crippen LogP contribution in [0.2, 0.25) is 0 Å². The van der Waals surface area contributed by atoms with Crippen molar-refractivity contribution in [1.82, 2.24) is 24.8 Å². The SMILES string of the molecule is CN1CCC[C@H]1COc1nc2c(c(N3CCN(C(=O)OC(C)(C)C)[C@@H](CC#N)C3)n1)CCN(c1cncc3ccccc13)C2. The van der Waals surface area contributed by atoms with Crippen LogP contribution < -0.4 is 14.5 Å². The molecule has 3 aromatic rings. The number of likely N-dealkylation sites (tertiary alicyclic amines) is 1. The summed E-state index contributed by atoms with van der Waals surface area (Å²) < 4.78 is 12.0. The molecule has 0 N–H and O–H groups in total. The monoisotopic (exact) mass is 598 g/mol. The van der Waals surface area contributed by atoms with Gasteiger partial charge in [0.15, 0.2) is 0 Å². The van der Waals surface area contributed by atoms with Gasteiger partial charge in [-0.25, -0.2) is 4.79 Å². The number of pyridine rings is 1. The molecule has 3 aliphatic rings. The third-order valence-corrected chi connectivity index (χ3v) is 8.82. The molecule has 0 aliphatic carbocycles. The molecule has 0 saturated carbocycles. The van der Waals surface area contributed by atoms with Crippen LogP contribution in [0.3, 0.4) is 0 Å². The number of ether oxygens (including phenoxy) is 2. The quantitative estimate of drug-likeness (QED) is 0.405.